The van der Waals surface area contributed by atoms with Crippen molar-refractivity contribution >= 4 is 29.9 Å². The number of pyridine rings is 1. The fraction of sp³-hybridized carbons (Fsp3) is 0.250. The van der Waals surface area contributed by atoms with Crippen LogP contribution in [0.1, 0.15) is 17.1 Å². The first-order valence-corrected chi connectivity index (χ1v) is 8.80. The number of nitrogens with zero attached hydrogens (tertiary/aromatic N) is 4. The Bertz CT molecular complexity index is 910. The molecule has 0 saturated heterocycles. The molecule has 0 radical (unpaired) electrons. The van der Waals surface area contributed by atoms with Crippen LogP contribution in [-0.4, -0.2) is 34.1 Å². The normalized spacial score (nSPS) is 11.0. The Balaban J connectivity index is 0.00000280. The second-order valence-corrected chi connectivity index (χ2v) is 6.05. The summed E-state index contributed by atoms with van der Waals surface area (Å²) in [5, 5.41) is 6.43. The molecule has 0 unspecified atom stereocenters. The van der Waals surface area contributed by atoms with E-state index >= 15 is 0 Å². The van der Waals surface area contributed by atoms with E-state index in [2.05, 4.69) is 25.6 Å². The monoisotopic (exact) mass is 494 g/mol. The summed E-state index contributed by atoms with van der Waals surface area (Å²) >= 11 is 0. The maximum absolute atomic E-state index is 14.5. The van der Waals surface area contributed by atoms with Gasteiger partial charge < -0.3 is 15.2 Å². The Morgan fingerprint density at radius 1 is 1.14 bits per heavy atom. The number of aromatic nitrogens is 3. The largest absolute Gasteiger partial charge is 0.356 e. The van der Waals surface area contributed by atoms with E-state index in [1.165, 1.54) is 6.07 Å². The topological polar surface area (TPSA) is 67.1 Å². The lowest BCUT2D eigenvalue weighted by atomic mass is 10.2. The van der Waals surface area contributed by atoms with E-state index in [9.17, 15) is 4.39 Å². The number of nitrogens with one attached hydrogen (secondary N) is 2. The summed E-state index contributed by atoms with van der Waals surface area (Å²) in [5.41, 5.74) is 2.35. The van der Waals surface area contributed by atoms with Gasteiger partial charge in [0.15, 0.2) is 5.96 Å². The molecule has 3 aromatic rings. The zero-order chi connectivity index (χ0) is 19.1. The molecule has 0 atom stereocenters. The van der Waals surface area contributed by atoms with E-state index in [0.29, 0.717) is 24.7 Å². The van der Waals surface area contributed by atoms with Crippen molar-refractivity contribution in [3.63, 3.8) is 0 Å². The minimum atomic E-state index is -0.284. The summed E-state index contributed by atoms with van der Waals surface area (Å²) < 4.78 is 16.2. The highest BCUT2D eigenvalue weighted by molar-refractivity contribution is 14.0. The molecule has 8 heteroatoms. The zero-order valence-corrected chi connectivity index (χ0v) is 18.2. The summed E-state index contributed by atoms with van der Waals surface area (Å²) in [4.78, 5) is 12.6. The number of aliphatic imine (C=N–C) groups is 1. The van der Waals surface area contributed by atoms with Gasteiger partial charge in [-0.25, -0.2) is 9.37 Å². The van der Waals surface area contributed by atoms with Crippen LogP contribution in [0.15, 0.2) is 60.0 Å². The molecule has 2 heterocycles. The van der Waals surface area contributed by atoms with Crippen LogP contribution in [0.3, 0.4) is 0 Å². The molecule has 0 fully saturated rings. The van der Waals surface area contributed by atoms with Crippen LogP contribution in [0.4, 0.5) is 4.39 Å². The molecular weight excluding hydrogens is 470 g/mol. The molecule has 0 spiro atoms. The lowest BCUT2D eigenvalue weighted by Gasteiger charge is -2.13. The maximum Gasteiger partial charge on any atom is 0.191 e. The molecule has 0 aliphatic rings. The van der Waals surface area contributed by atoms with Gasteiger partial charge in [0.2, 0.25) is 0 Å². The molecule has 0 bridgehead atoms. The van der Waals surface area contributed by atoms with Crippen molar-refractivity contribution in [1.82, 2.24) is 25.2 Å². The Hall–Kier alpha value is -2.49. The maximum atomic E-state index is 14.5. The van der Waals surface area contributed by atoms with Gasteiger partial charge in [-0.3, -0.25) is 9.98 Å². The third-order valence-corrected chi connectivity index (χ3v) is 4.18. The van der Waals surface area contributed by atoms with Crippen LogP contribution in [-0.2, 0) is 13.0 Å². The van der Waals surface area contributed by atoms with Gasteiger partial charge >= 0.3 is 0 Å². The molecule has 1 aromatic carbocycles. The van der Waals surface area contributed by atoms with Crippen LogP contribution in [0.25, 0.3) is 5.69 Å². The Labute approximate surface area is 181 Å². The van der Waals surface area contributed by atoms with Gasteiger partial charge in [0.1, 0.15) is 11.6 Å². The second kappa shape index (κ2) is 10.7. The second-order valence-electron chi connectivity index (χ2n) is 6.05. The molecule has 2 N–H and O–H groups in total. The molecular formula is C20H24FIN6. The molecule has 6 nitrogen and oxygen atoms in total. The predicted octanol–water partition coefficient (Wildman–Crippen LogP) is 3.24. The summed E-state index contributed by atoms with van der Waals surface area (Å²) in [5.74, 6) is 1.13. The number of imidazole rings is 1. The highest BCUT2D eigenvalue weighted by Gasteiger charge is 2.08. The minimum Gasteiger partial charge on any atom is -0.356 e. The van der Waals surface area contributed by atoms with Crippen LogP contribution < -0.4 is 10.6 Å². The number of benzene rings is 1. The minimum absolute atomic E-state index is 0. The average molecular weight is 494 g/mol. The molecule has 0 saturated carbocycles. The summed E-state index contributed by atoms with van der Waals surface area (Å²) in [7, 11) is 1.71. The number of halogens is 2. The first kappa shape index (κ1) is 21.8. The van der Waals surface area contributed by atoms with Crippen molar-refractivity contribution in [2.45, 2.75) is 19.9 Å². The Morgan fingerprint density at radius 2 is 2.00 bits per heavy atom. The van der Waals surface area contributed by atoms with Crippen molar-refractivity contribution in [1.29, 1.82) is 0 Å². The van der Waals surface area contributed by atoms with Crippen molar-refractivity contribution in [2.24, 2.45) is 4.99 Å². The molecule has 28 heavy (non-hydrogen) atoms. The third-order valence-electron chi connectivity index (χ3n) is 4.18. The molecule has 0 amide bonds. The lowest BCUT2D eigenvalue weighted by Crippen LogP contribution is -2.37. The SMILES string of the molecule is CN=C(NCCc1ccccn1)NCc1ccc(-n2ccnc2C)c(F)c1.I. The fourth-order valence-electron chi connectivity index (χ4n) is 2.75. The van der Waals surface area contributed by atoms with Crippen LogP contribution >= 0.6 is 24.0 Å². The summed E-state index contributed by atoms with van der Waals surface area (Å²) in [6.45, 7) is 3.03. The van der Waals surface area contributed by atoms with Gasteiger partial charge in [0.05, 0.1) is 5.69 Å². The van der Waals surface area contributed by atoms with Crippen molar-refractivity contribution in [2.75, 3.05) is 13.6 Å². The molecule has 2 aromatic heterocycles. The lowest BCUT2D eigenvalue weighted by molar-refractivity contribution is 0.613. The first-order chi connectivity index (χ1) is 13.2. The molecule has 3 rings (SSSR count). The molecule has 0 aliphatic heterocycles. The van der Waals surface area contributed by atoms with Gasteiger partial charge in [-0.05, 0) is 36.8 Å². The number of hydrogen-bond donors (Lipinski definition) is 2. The zero-order valence-electron chi connectivity index (χ0n) is 15.9. The summed E-state index contributed by atoms with van der Waals surface area (Å²) in [6.07, 6.45) is 5.99. The molecule has 0 aliphatic carbocycles. The number of rotatable bonds is 6. The van der Waals surface area contributed by atoms with E-state index in [1.54, 1.807) is 36.3 Å². The standard InChI is InChI=1S/C20H23FN6.HI/c1-15-23-11-12-27(15)19-7-6-16(13-18(19)21)14-26-20(22-2)25-10-8-17-5-3-4-9-24-17;/h3-7,9,11-13H,8,10,14H2,1-2H3,(H2,22,25,26);1H. The van der Waals surface area contributed by atoms with Gasteiger partial charge in [-0.1, -0.05) is 12.1 Å². The Morgan fingerprint density at radius 3 is 2.64 bits per heavy atom. The third kappa shape index (κ3) is 5.75. The van der Waals surface area contributed by atoms with E-state index in [1.807, 2.05) is 31.2 Å². The highest BCUT2D eigenvalue weighted by atomic mass is 127. The Kier molecular flexibility index (Phi) is 8.37. The average Bonchev–Trinajstić information content (AvgIpc) is 3.11. The fourth-order valence-corrected chi connectivity index (χ4v) is 2.75. The highest BCUT2D eigenvalue weighted by Crippen LogP contribution is 2.16. The van der Waals surface area contributed by atoms with Crippen molar-refractivity contribution in [3.8, 4) is 5.69 Å². The van der Waals surface area contributed by atoms with E-state index < -0.39 is 0 Å². The molecule has 148 valence electrons. The predicted molar refractivity (Wildman–Crippen MR) is 120 cm³/mol. The number of hydrogen-bond acceptors (Lipinski definition) is 3. The summed E-state index contributed by atoms with van der Waals surface area (Å²) in [6, 6.07) is 11.0. The number of guanidine groups is 1. The van der Waals surface area contributed by atoms with Crippen LogP contribution in [0, 0.1) is 12.7 Å². The smallest absolute Gasteiger partial charge is 0.191 e. The first-order valence-electron chi connectivity index (χ1n) is 8.80. The quantitative estimate of drug-likeness (QED) is 0.314. The van der Waals surface area contributed by atoms with Crippen LogP contribution in [0.2, 0.25) is 0 Å². The van der Waals surface area contributed by atoms with Gasteiger partial charge in [-0.2, -0.15) is 0 Å². The van der Waals surface area contributed by atoms with Gasteiger partial charge in [0, 0.05) is 50.8 Å². The van der Waals surface area contributed by atoms with E-state index in [-0.39, 0.29) is 29.8 Å². The van der Waals surface area contributed by atoms with Crippen LogP contribution in [0.5, 0.6) is 0 Å². The van der Waals surface area contributed by atoms with Crippen molar-refractivity contribution in [3.05, 3.63) is 77.9 Å². The number of aryl methyl sites for hydroxylation is 1. The van der Waals surface area contributed by atoms with Gasteiger partial charge in [-0.15, -0.1) is 24.0 Å². The van der Waals surface area contributed by atoms with Gasteiger partial charge in [0.25, 0.3) is 0 Å². The van der Waals surface area contributed by atoms with E-state index in [0.717, 1.165) is 23.5 Å². The van der Waals surface area contributed by atoms with E-state index in [4.69, 9.17) is 0 Å². The van der Waals surface area contributed by atoms with Crippen molar-refractivity contribution < 1.29 is 4.39 Å².